The topological polar surface area (TPSA) is 47.6 Å². The lowest BCUT2D eigenvalue weighted by atomic mass is 9.90. The molecular weight excluding hydrogens is 296 g/mol. The van der Waals surface area contributed by atoms with Gasteiger partial charge in [0.05, 0.1) is 6.61 Å². The van der Waals surface area contributed by atoms with Crippen LogP contribution in [0.4, 0.5) is 0 Å². The van der Waals surface area contributed by atoms with E-state index in [2.05, 4.69) is 29.3 Å². The number of amidine groups is 1. The SMILES string of the molecule is Cc1cc(Cl)cc(-c2cccc(C3(C)COCC(N)=N3)c2)c1. The lowest BCUT2D eigenvalue weighted by Gasteiger charge is -2.30. The number of nitrogens with zero attached hydrogens (tertiary/aromatic N) is 1. The minimum absolute atomic E-state index is 0.406. The van der Waals surface area contributed by atoms with E-state index in [1.54, 1.807) is 0 Å². The van der Waals surface area contributed by atoms with E-state index in [1.165, 1.54) is 0 Å². The maximum atomic E-state index is 6.18. The molecule has 22 heavy (non-hydrogen) atoms. The lowest BCUT2D eigenvalue weighted by Crippen LogP contribution is -2.37. The number of aryl methyl sites for hydroxylation is 1. The highest BCUT2D eigenvalue weighted by atomic mass is 35.5. The predicted molar refractivity (Wildman–Crippen MR) is 91.4 cm³/mol. The molecule has 1 atom stereocenters. The van der Waals surface area contributed by atoms with Gasteiger partial charge in [-0.25, -0.2) is 0 Å². The summed E-state index contributed by atoms with van der Waals surface area (Å²) in [7, 11) is 0. The molecule has 3 rings (SSSR count). The second kappa shape index (κ2) is 5.75. The van der Waals surface area contributed by atoms with E-state index in [4.69, 9.17) is 22.1 Å². The molecule has 0 spiro atoms. The van der Waals surface area contributed by atoms with Crippen LogP contribution >= 0.6 is 11.6 Å². The molecule has 1 aliphatic rings. The molecule has 2 aromatic rings. The van der Waals surface area contributed by atoms with Gasteiger partial charge in [0.1, 0.15) is 18.0 Å². The van der Waals surface area contributed by atoms with Crippen LogP contribution in [-0.4, -0.2) is 19.0 Å². The van der Waals surface area contributed by atoms with Crippen molar-refractivity contribution >= 4 is 17.4 Å². The van der Waals surface area contributed by atoms with Gasteiger partial charge < -0.3 is 10.5 Å². The standard InChI is InChI=1S/C18H19ClN2O/c1-12-6-14(9-16(19)7-12)13-4-3-5-15(8-13)18(2)11-22-10-17(20)21-18/h3-9H,10-11H2,1-2H3,(H2,20,21). The molecule has 1 heterocycles. The number of halogens is 1. The number of rotatable bonds is 2. The van der Waals surface area contributed by atoms with Crippen molar-refractivity contribution in [3.63, 3.8) is 0 Å². The molecule has 0 aromatic heterocycles. The number of nitrogens with two attached hydrogens (primary N) is 1. The Balaban J connectivity index is 2.05. The maximum absolute atomic E-state index is 6.18. The molecule has 4 heteroatoms. The summed E-state index contributed by atoms with van der Waals surface area (Å²) in [5.74, 6) is 0.540. The molecule has 2 N–H and O–H groups in total. The second-order valence-electron chi connectivity index (χ2n) is 5.97. The van der Waals surface area contributed by atoms with Gasteiger partial charge in [0, 0.05) is 5.02 Å². The van der Waals surface area contributed by atoms with E-state index >= 15 is 0 Å². The molecule has 0 aliphatic carbocycles. The highest BCUT2D eigenvalue weighted by Crippen LogP contribution is 2.32. The van der Waals surface area contributed by atoms with Gasteiger partial charge in [-0.1, -0.05) is 35.9 Å². The van der Waals surface area contributed by atoms with Gasteiger partial charge in [-0.3, -0.25) is 4.99 Å². The van der Waals surface area contributed by atoms with Crippen molar-refractivity contribution in [2.24, 2.45) is 10.7 Å². The Bertz CT molecular complexity index is 721. The van der Waals surface area contributed by atoms with E-state index in [-0.39, 0.29) is 0 Å². The first-order chi connectivity index (χ1) is 10.5. The highest BCUT2D eigenvalue weighted by Gasteiger charge is 2.30. The third kappa shape index (κ3) is 3.01. The third-order valence-electron chi connectivity index (χ3n) is 3.88. The molecule has 1 aliphatic heterocycles. The number of ether oxygens (including phenoxy) is 1. The van der Waals surface area contributed by atoms with Crippen LogP contribution in [0.25, 0.3) is 11.1 Å². The molecule has 1 unspecified atom stereocenters. The first kappa shape index (κ1) is 15.1. The van der Waals surface area contributed by atoms with Crippen molar-refractivity contribution in [3.05, 3.63) is 58.6 Å². The summed E-state index contributed by atoms with van der Waals surface area (Å²) in [6.07, 6.45) is 0. The van der Waals surface area contributed by atoms with Crippen LogP contribution in [-0.2, 0) is 10.3 Å². The highest BCUT2D eigenvalue weighted by molar-refractivity contribution is 6.30. The molecule has 2 aromatic carbocycles. The van der Waals surface area contributed by atoms with Crippen LogP contribution in [0.5, 0.6) is 0 Å². The number of hydrogen-bond donors (Lipinski definition) is 1. The summed E-state index contributed by atoms with van der Waals surface area (Å²) in [4.78, 5) is 4.60. The molecule has 0 saturated carbocycles. The zero-order chi connectivity index (χ0) is 15.7. The fraction of sp³-hybridized carbons (Fsp3) is 0.278. The molecule has 0 amide bonds. The smallest absolute Gasteiger partial charge is 0.121 e. The largest absolute Gasteiger partial charge is 0.386 e. The monoisotopic (exact) mass is 314 g/mol. The minimum atomic E-state index is -0.439. The number of aliphatic imine (C=N–C) groups is 1. The average Bonchev–Trinajstić information content (AvgIpc) is 2.46. The van der Waals surface area contributed by atoms with Crippen LogP contribution in [0.2, 0.25) is 5.02 Å². The zero-order valence-corrected chi connectivity index (χ0v) is 13.5. The Labute approximate surface area is 135 Å². The van der Waals surface area contributed by atoms with Gasteiger partial charge in [0.15, 0.2) is 0 Å². The molecule has 114 valence electrons. The van der Waals surface area contributed by atoms with Crippen LogP contribution in [0.3, 0.4) is 0 Å². The Kier molecular flexibility index (Phi) is 3.94. The Hall–Kier alpha value is -1.84. The summed E-state index contributed by atoms with van der Waals surface area (Å²) in [5.41, 5.74) is 9.85. The fourth-order valence-electron chi connectivity index (χ4n) is 2.82. The van der Waals surface area contributed by atoms with Gasteiger partial charge in [-0.05, 0) is 54.3 Å². The average molecular weight is 315 g/mol. The van der Waals surface area contributed by atoms with E-state index in [9.17, 15) is 0 Å². The normalized spacial score (nSPS) is 21.5. The Morgan fingerprint density at radius 2 is 2.00 bits per heavy atom. The number of benzene rings is 2. The van der Waals surface area contributed by atoms with Crippen molar-refractivity contribution in [3.8, 4) is 11.1 Å². The number of hydrogen-bond acceptors (Lipinski definition) is 3. The van der Waals surface area contributed by atoms with Crippen LogP contribution < -0.4 is 5.73 Å². The van der Waals surface area contributed by atoms with Crippen molar-refractivity contribution < 1.29 is 4.74 Å². The molecule has 3 nitrogen and oxygen atoms in total. The van der Waals surface area contributed by atoms with E-state index in [0.29, 0.717) is 19.0 Å². The summed E-state index contributed by atoms with van der Waals surface area (Å²) in [5, 5.41) is 0.745. The zero-order valence-electron chi connectivity index (χ0n) is 12.8. The summed E-state index contributed by atoms with van der Waals surface area (Å²) in [6.45, 7) is 5.02. The third-order valence-corrected chi connectivity index (χ3v) is 4.10. The van der Waals surface area contributed by atoms with E-state index in [0.717, 1.165) is 27.3 Å². The van der Waals surface area contributed by atoms with Gasteiger partial charge in [0.25, 0.3) is 0 Å². The molecular formula is C18H19ClN2O. The Morgan fingerprint density at radius 3 is 2.73 bits per heavy atom. The van der Waals surface area contributed by atoms with Crippen LogP contribution in [0.1, 0.15) is 18.1 Å². The molecule has 0 radical (unpaired) electrons. The Morgan fingerprint density at radius 1 is 1.18 bits per heavy atom. The van der Waals surface area contributed by atoms with Crippen molar-refractivity contribution in [2.75, 3.05) is 13.2 Å². The molecule has 0 saturated heterocycles. The van der Waals surface area contributed by atoms with Crippen LogP contribution in [0, 0.1) is 6.92 Å². The second-order valence-corrected chi connectivity index (χ2v) is 6.40. The first-order valence-electron chi connectivity index (χ1n) is 7.26. The molecule has 0 fully saturated rings. The van der Waals surface area contributed by atoms with Gasteiger partial charge >= 0.3 is 0 Å². The van der Waals surface area contributed by atoms with Crippen molar-refractivity contribution in [1.82, 2.24) is 0 Å². The van der Waals surface area contributed by atoms with Crippen molar-refractivity contribution in [2.45, 2.75) is 19.4 Å². The predicted octanol–water partition coefficient (Wildman–Crippen LogP) is 3.92. The maximum Gasteiger partial charge on any atom is 0.121 e. The van der Waals surface area contributed by atoms with Gasteiger partial charge in [0.2, 0.25) is 0 Å². The minimum Gasteiger partial charge on any atom is -0.386 e. The quantitative estimate of drug-likeness (QED) is 0.913. The first-order valence-corrected chi connectivity index (χ1v) is 7.64. The lowest BCUT2D eigenvalue weighted by molar-refractivity contribution is 0.106. The van der Waals surface area contributed by atoms with Crippen molar-refractivity contribution in [1.29, 1.82) is 0 Å². The summed E-state index contributed by atoms with van der Waals surface area (Å²) >= 11 is 6.18. The summed E-state index contributed by atoms with van der Waals surface area (Å²) < 4.78 is 5.56. The van der Waals surface area contributed by atoms with E-state index < -0.39 is 5.54 Å². The summed E-state index contributed by atoms with van der Waals surface area (Å²) in [6, 6.07) is 14.4. The van der Waals surface area contributed by atoms with Crippen LogP contribution in [0.15, 0.2) is 47.5 Å². The van der Waals surface area contributed by atoms with Gasteiger partial charge in [-0.2, -0.15) is 0 Å². The fourth-order valence-corrected chi connectivity index (χ4v) is 3.11. The molecule has 0 bridgehead atoms. The van der Waals surface area contributed by atoms with E-state index in [1.807, 2.05) is 32.0 Å². The van der Waals surface area contributed by atoms with Gasteiger partial charge in [-0.15, -0.1) is 0 Å².